The molecule has 1 aliphatic carbocycles. The lowest BCUT2D eigenvalue weighted by atomic mass is 10.0. The van der Waals surface area contributed by atoms with E-state index in [0.29, 0.717) is 13.0 Å². The summed E-state index contributed by atoms with van der Waals surface area (Å²) in [7, 11) is 0. The van der Waals surface area contributed by atoms with E-state index in [4.69, 9.17) is 4.74 Å². The molecule has 0 spiro atoms. The molecule has 22 heavy (non-hydrogen) atoms. The molecule has 0 bridgehead atoms. The van der Waals surface area contributed by atoms with E-state index in [1.165, 1.54) is 4.90 Å². The summed E-state index contributed by atoms with van der Waals surface area (Å²) in [6.07, 6.45) is -1.86. The second-order valence-corrected chi connectivity index (χ2v) is 6.80. The molecule has 2 rings (SSSR count). The maximum absolute atomic E-state index is 14.3. The molecule has 1 amide bonds. The summed E-state index contributed by atoms with van der Waals surface area (Å²) in [5.74, 6) is 0. The van der Waals surface area contributed by atoms with Crippen LogP contribution in [0.5, 0.6) is 0 Å². The lowest BCUT2D eigenvalue weighted by molar-refractivity contribution is 0.0299. The predicted molar refractivity (Wildman–Crippen MR) is 82.6 cm³/mol. The van der Waals surface area contributed by atoms with Gasteiger partial charge in [-0.15, -0.1) is 0 Å². The van der Waals surface area contributed by atoms with Crippen molar-refractivity contribution in [2.24, 2.45) is 0 Å². The normalized spacial score (nSPS) is 25.2. The van der Waals surface area contributed by atoms with Gasteiger partial charge in [-0.25, -0.2) is 9.18 Å². The molecular weight excluding hydrogens is 285 g/mol. The molecule has 1 aliphatic rings. The summed E-state index contributed by atoms with van der Waals surface area (Å²) in [5, 5.41) is 9.40. The first-order chi connectivity index (χ1) is 10.3. The number of carbonyl (C=O) groups is 1. The van der Waals surface area contributed by atoms with E-state index in [2.05, 4.69) is 0 Å². The minimum absolute atomic E-state index is 0.246. The van der Waals surface area contributed by atoms with Gasteiger partial charge < -0.3 is 9.84 Å². The van der Waals surface area contributed by atoms with E-state index in [9.17, 15) is 14.3 Å². The van der Waals surface area contributed by atoms with Gasteiger partial charge in [-0.1, -0.05) is 30.3 Å². The average Bonchev–Trinajstić information content (AvgIpc) is 2.77. The highest BCUT2D eigenvalue weighted by molar-refractivity contribution is 5.66. The molecule has 1 N–H and O–H groups in total. The van der Waals surface area contributed by atoms with E-state index in [0.717, 1.165) is 5.56 Å². The van der Waals surface area contributed by atoms with Crippen LogP contribution in [0.3, 0.4) is 0 Å². The first-order valence-electron chi connectivity index (χ1n) is 7.61. The monoisotopic (exact) mass is 309 g/mol. The van der Waals surface area contributed by atoms with Crippen LogP contribution in [-0.2, 0) is 11.3 Å². The van der Waals surface area contributed by atoms with Crippen LogP contribution in [0, 0.1) is 0 Å². The van der Waals surface area contributed by atoms with Crippen molar-refractivity contribution in [3.8, 4) is 0 Å². The van der Waals surface area contributed by atoms with Gasteiger partial charge in [0, 0.05) is 12.0 Å². The first-order valence-corrected chi connectivity index (χ1v) is 7.61. The van der Waals surface area contributed by atoms with Gasteiger partial charge in [0.15, 0.2) is 0 Å². The van der Waals surface area contributed by atoms with Gasteiger partial charge in [-0.2, -0.15) is 0 Å². The molecule has 1 aromatic carbocycles. The highest BCUT2D eigenvalue weighted by Gasteiger charge is 2.44. The summed E-state index contributed by atoms with van der Waals surface area (Å²) >= 11 is 0. The van der Waals surface area contributed by atoms with E-state index >= 15 is 0 Å². The molecule has 0 unspecified atom stereocenters. The second kappa shape index (κ2) is 6.65. The fraction of sp³-hybridized carbons (Fsp3) is 0.588. The van der Waals surface area contributed by atoms with Crippen LogP contribution >= 0.6 is 0 Å². The summed E-state index contributed by atoms with van der Waals surface area (Å²) in [6, 6.07) is 9.06. The Labute approximate surface area is 130 Å². The van der Waals surface area contributed by atoms with Crippen LogP contribution < -0.4 is 0 Å². The van der Waals surface area contributed by atoms with Crippen molar-refractivity contribution in [3.63, 3.8) is 0 Å². The number of alkyl halides is 1. The Hall–Kier alpha value is -1.62. The highest BCUT2D eigenvalue weighted by Crippen LogP contribution is 2.33. The van der Waals surface area contributed by atoms with E-state index < -0.39 is 23.8 Å². The summed E-state index contributed by atoms with van der Waals surface area (Å²) < 4.78 is 20.1. The molecule has 0 saturated heterocycles. The topological polar surface area (TPSA) is 49.8 Å². The number of halogens is 1. The first kappa shape index (κ1) is 16.7. The van der Waals surface area contributed by atoms with Crippen LogP contribution in [0.1, 0.15) is 39.2 Å². The van der Waals surface area contributed by atoms with Crippen molar-refractivity contribution in [3.05, 3.63) is 35.9 Å². The third kappa shape index (κ3) is 3.97. The van der Waals surface area contributed by atoms with Gasteiger partial charge in [-0.3, -0.25) is 4.90 Å². The summed E-state index contributed by atoms with van der Waals surface area (Å²) in [6.45, 7) is 5.78. The van der Waals surface area contributed by atoms with Crippen molar-refractivity contribution >= 4 is 6.09 Å². The molecule has 0 radical (unpaired) electrons. The zero-order valence-electron chi connectivity index (χ0n) is 13.3. The maximum Gasteiger partial charge on any atom is 0.408 e. The van der Waals surface area contributed by atoms with Crippen LogP contribution in [0.2, 0.25) is 0 Å². The van der Waals surface area contributed by atoms with Gasteiger partial charge in [0.25, 0.3) is 0 Å². The number of hydrogen-bond acceptors (Lipinski definition) is 2. The number of rotatable bonds is 4. The number of benzene rings is 1. The number of carboxylic acid groups (broad SMARTS) is 1. The lowest BCUT2D eigenvalue weighted by Gasteiger charge is -2.38. The third-order valence-electron chi connectivity index (χ3n) is 4.00. The Morgan fingerprint density at radius 3 is 2.50 bits per heavy atom. The Morgan fingerprint density at radius 1 is 1.32 bits per heavy atom. The predicted octanol–water partition coefficient (Wildman–Crippen LogP) is 3.85. The minimum atomic E-state index is -1.18. The Morgan fingerprint density at radius 2 is 1.95 bits per heavy atom. The van der Waals surface area contributed by atoms with Crippen LogP contribution in [-0.4, -0.2) is 40.0 Å². The lowest BCUT2D eigenvalue weighted by Crippen LogP contribution is -2.53. The number of hydrogen-bond donors (Lipinski definition) is 1. The van der Waals surface area contributed by atoms with E-state index in [-0.39, 0.29) is 12.5 Å². The Bertz CT molecular complexity index is 500. The molecule has 1 saturated carbocycles. The van der Waals surface area contributed by atoms with Crippen molar-refractivity contribution in [1.82, 2.24) is 4.90 Å². The quantitative estimate of drug-likeness (QED) is 0.919. The minimum Gasteiger partial charge on any atom is -0.465 e. The van der Waals surface area contributed by atoms with Crippen LogP contribution in [0.15, 0.2) is 30.3 Å². The molecule has 4 nitrogen and oxygen atoms in total. The summed E-state index contributed by atoms with van der Waals surface area (Å²) in [4.78, 5) is 12.7. The molecule has 1 aromatic rings. The maximum atomic E-state index is 14.3. The standard InChI is InChI=1S/C17H24FNO3/c1-17(2,3)19(16(20)21)15-10-13(9-14(15)18)22-11-12-7-5-4-6-8-12/h4-8,13-15H,9-11H2,1-3H3,(H,20,21)/t13-,14-,15-/m1/s1. The highest BCUT2D eigenvalue weighted by atomic mass is 19.1. The Kier molecular flexibility index (Phi) is 5.06. The largest absolute Gasteiger partial charge is 0.465 e. The van der Waals surface area contributed by atoms with E-state index in [1.807, 2.05) is 30.3 Å². The number of ether oxygens (including phenoxy) is 1. The molecule has 0 aromatic heterocycles. The molecule has 122 valence electrons. The number of amides is 1. The second-order valence-electron chi connectivity index (χ2n) is 6.80. The van der Waals surface area contributed by atoms with Crippen LogP contribution in [0.4, 0.5) is 9.18 Å². The molecule has 0 heterocycles. The van der Waals surface area contributed by atoms with Gasteiger partial charge >= 0.3 is 6.09 Å². The zero-order chi connectivity index (χ0) is 16.3. The van der Waals surface area contributed by atoms with Gasteiger partial charge in [0.05, 0.1) is 18.8 Å². The molecule has 1 fully saturated rings. The molecule has 5 heteroatoms. The number of nitrogens with zero attached hydrogens (tertiary/aromatic N) is 1. The fourth-order valence-corrected chi connectivity index (χ4v) is 3.04. The van der Waals surface area contributed by atoms with Crippen molar-refractivity contribution < 1.29 is 19.0 Å². The van der Waals surface area contributed by atoms with Gasteiger partial charge in [0.2, 0.25) is 0 Å². The third-order valence-corrected chi connectivity index (χ3v) is 4.00. The van der Waals surface area contributed by atoms with Crippen molar-refractivity contribution in [1.29, 1.82) is 0 Å². The van der Waals surface area contributed by atoms with Crippen LogP contribution in [0.25, 0.3) is 0 Å². The fourth-order valence-electron chi connectivity index (χ4n) is 3.04. The van der Waals surface area contributed by atoms with Crippen molar-refractivity contribution in [2.45, 2.75) is 64.1 Å². The van der Waals surface area contributed by atoms with Crippen molar-refractivity contribution in [2.75, 3.05) is 0 Å². The smallest absolute Gasteiger partial charge is 0.408 e. The van der Waals surface area contributed by atoms with E-state index in [1.54, 1.807) is 20.8 Å². The molecular formula is C17H24FNO3. The zero-order valence-corrected chi connectivity index (χ0v) is 13.3. The van der Waals surface area contributed by atoms with Gasteiger partial charge in [0.1, 0.15) is 6.17 Å². The SMILES string of the molecule is CC(C)(C)N(C(=O)O)[C@@H]1C[C@H](OCc2ccccc2)C[C@H]1F. The molecule has 3 atom stereocenters. The average molecular weight is 309 g/mol. The Balaban J connectivity index is 1.98. The summed E-state index contributed by atoms with van der Waals surface area (Å²) in [5.41, 5.74) is 0.405. The molecule has 0 aliphatic heterocycles. The van der Waals surface area contributed by atoms with Gasteiger partial charge in [-0.05, 0) is 32.8 Å².